The Bertz CT molecular complexity index is 222. The quantitative estimate of drug-likeness (QED) is 0.572. The first-order valence-electron chi connectivity index (χ1n) is 3.76. The van der Waals surface area contributed by atoms with Gasteiger partial charge in [0, 0.05) is 6.54 Å². The molecule has 0 spiro atoms. The van der Waals surface area contributed by atoms with Gasteiger partial charge in [-0.15, -0.1) is 11.6 Å². The van der Waals surface area contributed by atoms with Crippen LogP contribution in [0.3, 0.4) is 0 Å². The van der Waals surface area contributed by atoms with Gasteiger partial charge in [0.25, 0.3) is 0 Å². The molecule has 0 radical (unpaired) electrons. The van der Waals surface area contributed by atoms with Gasteiger partial charge in [0.2, 0.25) is 0 Å². The highest BCUT2D eigenvalue weighted by molar-refractivity contribution is 6.17. The summed E-state index contributed by atoms with van der Waals surface area (Å²) < 4.78 is 5.03. The molecular formula is C9H12ClNO. The molecule has 0 unspecified atom stereocenters. The maximum absolute atomic E-state index is 5.47. The van der Waals surface area contributed by atoms with Crippen LogP contribution in [0.25, 0.3) is 0 Å². The van der Waals surface area contributed by atoms with E-state index in [1.807, 2.05) is 24.3 Å². The van der Waals surface area contributed by atoms with Crippen LogP contribution in [0.1, 0.15) is 5.56 Å². The van der Waals surface area contributed by atoms with Gasteiger partial charge in [-0.1, -0.05) is 12.1 Å². The Hall–Kier alpha value is -0.730. The van der Waals surface area contributed by atoms with Crippen molar-refractivity contribution in [3.63, 3.8) is 0 Å². The number of hydrogen-bond donors (Lipinski definition) is 1. The molecule has 0 amide bonds. The zero-order valence-corrected chi connectivity index (χ0v) is 7.77. The lowest BCUT2D eigenvalue weighted by atomic mass is 10.2. The zero-order valence-electron chi connectivity index (χ0n) is 7.01. The van der Waals surface area contributed by atoms with E-state index in [1.165, 1.54) is 5.56 Å². The molecule has 12 heavy (non-hydrogen) atoms. The molecule has 1 aromatic rings. The summed E-state index contributed by atoms with van der Waals surface area (Å²) in [5.41, 5.74) is 1.21. The second-order valence-corrected chi connectivity index (χ2v) is 2.68. The Labute approximate surface area is 77.5 Å². The van der Waals surface area contributed by atoms with Crippen molar-refractivity contribution in [3.8, 4) is 5.75 Å². The summed E-state index contributed by atoms with van der Waals surface area (Å²) in [7, 11) is 1.66. The molecule has 0 aliphatic rings. The lowest BCUT2D eigenvalue weighted by molar-refractivity contribution is 0.414. The van der Waals surface area contributed by atoms with E-state index in [1.54, 1.807) is 7.11 Å². The van der Waals surface area contributed by atoms with Crippen molar-refractivity contribution in [2.75, 3.05) is 13.1 Å². The highest BCUT2D eigenvalue weighted by Gasteiger charge is 1.92. The summed E-state index contributed by atoms with van der Waals surface area (Å²) in [6.07, 6.45) is 0. The average molecular weight is 186 g/mol. The molecule has 66 valence electrons. The maximum Gasteiger partial charge on any atom is 0.118 e. The van der Waals surface area contributed by atoms with Crippen LogP contribution < -0.4 is 10.1 Å². The van der Waals surface area contributed by atoms with Crippen LogP contribution in [0.4, 0.5) is 0 Å². The van der Waals surface area contributed by atoms with Gasteiger partial charge in [0.1, 0.15) is 5.75 Å². The second kappa shape index (κ2) is 5.01. The Balaban J connectivity index is 2.53. The average Bonchev–Trinajstić information content (AvgIpc) is 2.15. The number of halogens is 1. The molecule has 3 heteroatoms. The van der Waals surface area contributed by atoms with Crippen LogP contribution >= 0.6 is 11.6 Å². The monoisotopic (exact) mass is 185 g/mol. The second-order valence-electron chi connectivity index (χ2n) is 2.41. The normalized spacial score (nSPS) is 9.83. The van der Waals surface area contributed by atoms with Crippen molar-refractivity contribution >= 4 is 11.6 Å². The number of alkyl halides is 1. The van der Waals surface area contributed by atoms with E-state index in [9.17, 15) is 0 Å². The Morgan fingerprint density at radius 3 is 2.50 bits per heavy atom. The highest BCUT2D eigenvalue weighted by Crippen LogP contribution is 2.10. The number of methoxy groups -OCH3 is 1. The fourth-order valence-corrected chi connectivity index (χ4v) is 1.03. The summed E-state index contributed by atoms with van der Waals surface area (Å²) >= 11 is 5.47. The van der Waals surface area contributed by atoms with Gasteiger partial charge >= 0.3 is 0 Å². The molecule has 1 N–H and O–H groups in total. The first kappa shape index (κ1) is 9.36. The number of nitrogens with one attached hydrogen (secondary N) is 1. The van der Waals surface area contributed by atoms with Gasteiger partial charge in [-0.25, -0.2) is 0 Å². The third-order valence-corrected chi connectivity index (χ3v) is 1.77. The SMILES string of the molecule is COc1ccc(CNCCl)cc1. The molecule has 1 aromatic carbocycles. The smallest absolute Gasteiger partial charge is 0.118 e. The number of rotatable bonds is 4. The van der Waals surface area contributed by atoms with Crippen LogP contribution in [0.2, 0.25) is 0 Å². The third kappa shape index (κ3) is 2.72. The van der Waals surface area contributed by atoms with E-state index in [-0.39, 0.29) is 0 Å². The summed E-state index contributed by atoms with van der Waals surface area (Å²) in [6.45, 7) is 0.799. The lowest BCUT2D eigenvalue weighted by Gasteiger charge is -2.02. The minimum Gasteiger partial charge on any atom is -0.497 e. The maximum atomic E-state index is 5.47. The summed E-state index contributed by atoms with van der Waals surface area (Å²) in [5.74, 6) is 0.879. The summed E-state index contributed by atoms with van der Waals surface area (Å²) in [6, 6.07) is 8.37. The molecule has 1 rings (SSSR count). The first-order chi connectivity index (χ1) is 5.86. The predicted octanol–water partition coefficient (Wildman–Crippen LogP) is 1.98. The van der Waals surface area contributed by atoms with Gasteiger partial charge in [-0.2, -0.15) is 0 Å². The molecule has 2 nitrogen and oxygen atoms in total. The van der Waals surface area contributed by atoms with Gasteiger partial charge in [0.15, 0.2) is 0 Å². The summed E-state index contributed by atoms with van der Waals surface area (Å²) in [5, 5.41) is 3.03. The minimum absolute atomic E-state index is 0.478. The van der Waals surface area contributed by atoms with Crippen molar-refractivity contribution in [1.82, 2.24) is 5.32 Å². The molecule has 0 aromatic heterocycles. The molecule has 0 saturated heterocycles. The van der Waals surface area contributed by atoms with Crippen molar-refractivity contribution in [2.45, 2.75) is 6.54 Å². The van der Waals surface area contributed by atoms with E-state index < -0.39 is 0 Å². The van der Waals surface area contributed by atoms with Crippen molar-refractivity contribution < 1.29 is 4.74 Å². The molecule has 0 aliphatic heterocycles. The van der Waals surface area contributed by atoms with E-state index >= 15 is 0 Å². The third-order valence-electron chi connectivity index (χ3n) is 1.58. The van der Waals surface area contributed by atoms with E-state index in [0.29, 0.717) is 6.00 Å². The van der Waals surface area contributed by atoms with Crippen LogP contribution in [-0.2, 0) is 6.54 Å². The standard InChI is InChI=1S/C9H12ClNO/c1-12-9-4-2-8(3-5-9)6-11-7-10/h2-5,11H,6-7H2,1H3. The van der Waals surface area contributed by atoms with Crippen molar-refractivity contribution in [2.24, 2.45) is 0 Å². The van der Waals surface area contributed by atoms with E-state index in [4.69, 9.17) is 16.3 Å². The highest BCUT2D eigenvalue weighted by atomic mass is 35.5. The molecule has 0 heterocycles. The number of hydrogen-bond acceptors (Lipinski definition) is 2. The van der Waals surface area contributed by atoms with Gasteiger partial charge < -0.3 is 4.74 Å². The fourth-order valence-electron chi connectivity index (χ4n) is 0.935. The predicted molar refractivity (Wildman–Crippen MR) is 50.6 cm³/mol. The zero-order chi connectivity index (χ0) is 8.81. The Morgan fingerprint density at radius 1 is 1.33 bits per heavy atom. The molecule has 0 saturated carbocycles. The van der Waals surface area contributed by atoms with Crippen LogP contribution in [0, 0.1) is 0 Å². The number of ether oxygens (including phenoxy) is 1. The van der Waals surface area contributed by atoms with Gasteiger partial charge in [0.05, 0.1) is 13.1 Å². The molecule has 0 atom stereocenters. The van der Waals surface area contributed by atoms with Crippen molar-refractivity contribution in [1.29, 1.82) is 0 Å². The topological polar surface area (TPSA) is 21.3 Å². The fraction of sp³-hybridized carbons (Fsp3) is 0.333. The summed E-state index contributed by atoms with van der Waals surface area (Å²) in [4.78, 5) is 0. The molecule has 0 aliphatic carbocycles. The van der Waals surface area contributed by atoms with E-state index in [0.717, 1.165) is 12.3 Å². The van der Waals surface area contributed by atoms with Gasteiger partial charge in [-0.05, 0) is 17.7 Å². The Kier molecular flexibility index (Phi) is 3.91. The first-order valence-corrected chi connectivity index (χ1v) is 4.30. The van der Waals surface area contributed by atoms with Crippen molar-refractivity contribution in [3.05, 3.63) is 29.8 Å². The van der Waals surface area contributed by atoms with Crippen LogP contribution in [0.5, 0.6) is 5.75 Å². The minimum atomic E-state index is 0.478. The Morgan fingerprint density at radius 2 is 2.00 bits per heavy atom. The number of benzene rings is 1. The molecule has 0 fully saturated rings. The lowest BCUT2D eigenvalue weighted by Crippen LogP contribution is -2.09. The van der Waals surface area contributed by atoms with Crippen LogP contribution in [0.15, 0.2) is 24.3 Å². The van der Waals surface area contributed by atoms with Gasteiger partial charge in [-0.3, -0.25) is 5.32 Å². The van der Waals surface area contributed by atoms with Crippen LogP contribution in [-0.4, -0.2) is 13.1 Å². The molecular weight excluding hydrogens is 174 g/mol. The molecule has 0 bridgehead atoms. The van der Waals surface area contributed by atoms with E-state index in [2.05, 4.69) is 5.32 Å². The largest absolute Gasteiger partial charge is 0.497 e.